The maximum atomic E-state index is 14.4. The van der Waals surface area contributed by atoms with E-state index in [2.05, 4.69) is 40.1 Å². The zero-order valence-corrected chi connectivity index (χ0v) is 13.6. The first-order valence-corrected chi connectivity index (χ1v) is 7.90. The number of morpholine rings is 1. The first-order valence-electron chi connectivity index (χ1n) is 7.11. The molecule has 0 radical (unpaired) electrons. The van der Waals surface area contributed by atoms with Gasteiger partial charge in [-0.25, -0.2) is 4.39 Å². The molecule has 2 rings (SSSR count). The molecular weight excluding hydrogens is 323 g/mol. The summed E-state index contributed by atoms with van der Waals surface area (Å²) in [6.07, 6.45) is 0.985. The monoisotopic (exact) mass is 344 g/mol. The van der Waals surface area contributed by atoms with Crippen molar-refractivity contribution in [2.45, 2.75) is 25.5 Å². The van der Waals surface area contributed by atoms with Crippen molar-refractivity contribution in [3.63, 3.8) is 0 Å². The van der Waals surface area contributed by atoms with Crippen molar-refractivity contribution in [3.8, 4) is 0 Å². The van der Waals surface area contributed by atoms with E-state index in [0.717, 1.165) is 26.1 Å². The largest absolute Gasteiger partial charge is 0.374 e. The summed E-state index contributed by atoms with van der Waals surface area (Å²) in [7, 11) is 2.07. The lowest BCUT2D eigenvalue weighted by Gasteiger charge is -2.36. The van der Waals surface area contributed by atoms with Crippen LogP contribution in [0.4, 0.5) is 4.39 Å². The number of nitrogens with one attached hydrogen (secondary N) is 1. The normalized spacial score (nSPS) is 21.9. The molecule has 3 nitrogen and oxygen atoms in total. The molecular formula is C15H22BrFN2O. The Balaban J connectivity index is 2.24. The Bertz CT molecular complexity index is 444. The van der Waals surface area contributed by atoms with Gasteiger partial charge >= 0.3 is 0 Å². The topological polar surface area (TPSA) is 24.5 Å². The van der Waals surface area contributed by atoms with Crippen molar-refractivity contribution in [1.82, 2.24) is 10.2 Å². The lowest BCUT2D eigenvalue weighted by molar-refractivity contribution is -0.0398. The van der Waals surface area contributed by atoms with Crippen LogP contribution in [0.3, 0.4) is 0 Å². The van der Waals surface area contributed by atoms with Crippen molar-refractivity contribution in [2.24, 2.45) is 0 Å². The molecule has 112 valence electrons. The van der Waals surface area contributed by atoms with Crippen LogP contribution in [0.15, 0.2) is 22.7 Å². The van der Waals surface area contributed by atoms with Gasteiger partial charge in [0.05, 0.1) is 23.2 Å². The van der Waals surface area contributed by atoms with E-state index < -0.39 is 0 Å². The Kier molecular flexibility index (Phi) is 5.96. The molecule has 0 saturated carbocycles. The highest BCUT2D eigenvalue weighted by Gasteiger charge is 2.29. The van der Waals surface area contributed by atoms with Gasteiger partial charge in [0.2, 0.25) is 0 Å². The summed E-state index contributed by atoms with van der Waals surface area (Å²) in [5.41, 5.74) is 0.674. The first-order chi connectivity index (χ1) is 9.63. The fourth-order valence-electron chi connectivity index (χ4n) is 2.51. The van der Waals surface area contributed by atoms with Crippen molar-refractivity contribution in [2.75, 3.05) is 33.3 Å². The molecule has 2 unspecified atom stereocenters. The molecule has 5 heteroatoms. The molecule has 0 spiro atoms. The molecule has 1 aliphatic heterocycles. The lowest BCUT2D eigenvalue weighted by Crippen LogP contribution is -2.47. The van der Waals surface area contributed by atoms with Gasteiger partial charge in [0.25, 0.3) is 0 Å². The molecule has 1 heterocycles. The molecule has 0 aromatic heterocycles. The smallest absolute Gasteiger partial charge is 0.142 e. The predicted octanol–water partition coefficient (Wildman–Crippen LogP) is 2.96. The molecule has 20 heavy (non-hydrogen) atoms. The van der Waals surface area contributed by atoms with Crippen molar-refractivity contribution < 1.29 is 9.13 Å². The van der Waals surface area contributed by atoms with E-state index in [1.807, 2.05) is 12.1 Å². The quantitative estimate of drug-likeness (QED) is 0.888. The van der Waals surface area contributed by atoms with E-state index in [0.29, 0.717) is 16.6 Å². The predicted molar refractivity (Wildman–Crippen MR) is 82.4 cm³/mol. The lowest BCUT2D eigenvalue weighted by atomic mass is 9.99. The number of ether oxygens (including phenoxy) is 1. The van der Waals surface area contributed by atoms with Gasteiger partial charge < -0.3 is 15.0 Å². The van der Waals surface area contributed by atoms with E-state index in [4.69, 9.17) is 4.74 Å². The third-order valence-corrected chi connectivity index (χ3v) is 4.21. The molecule has 0 bridgehead atoms. The minimum atomic E-state index is -0.196. The highest BCUT2D eigenvalue weighted by molar-refractivity contribution is 9.10. The third-order valence-electron chi connectivity index (χ3n) is 3.60. The Morgan fingerprint density at radius 1 is 1.55 bits per heavy atom. The molecule has 1 aromatic rings. The van der Waals surface area contributed by atoms with E-state index >= 15 is 0 Å². The van der Waals surface area contributed by atoms with Gasteiger partial charge in [-0.05, 0) is 42.0 Å². The van der Waals surface area contributed by atoms with Crippen LogP contribution in [0.2, 0.25) is 0 Å². The van der Waals surface area contributed by atoms with Crippen LogP contribution in [0.1, 0.15) is 24.9 Å². The molecule has 1 saturated heterocycles. The number of halogens is 2. The molecule has 1 N–H and O–H groups in total. The minimum Gasteiger partial charge on any atom is -0.374 e. The average molecular weight is 345 g/mol. The van der Waals surface area contributed by atoms with Gasteiger partial charge in [-0.15, -0.1) is 0 Å². The summed E-state index contributed by atoms with van der Waals surface area (Å²) in [4.78, 5) is 2.23. The maximum absolute atomic E-state index is 14.4. The van der Waals surface area contributed by atoms with Crippen LogP contribution in [0, 0.1) is 5.82 Å². The van der Waals surface area contributed by atoms with Crippen LogP contribution in [0.5, 0.6) is 0 Å². The first kappa shape index (κ1) is 15.9. The summed E-state index contributed by atoms with van der Waals surface area (Å²) >= 11 is 3.26. The maximum Gasteiger partial charge on any atom is 0.142 e. The summed E-state index contributed by atoms with van der Waals surface area (Å²) in [6, 6.07) is 5.32. The molecule has 0 amide bonds. The van der Waals surface area contributed by atoms with Crippen molar-refractivity contribution >= 4 is 15.9 Å². The van der Waals surface area contributed by atoms with Crippen LogP contribution >= 0.6 is 15.9 Å². The Hall–Kier alpha value is -0.490. The van der Waals surface area contributed by atoms with Crippen LogP contribution < -0.4 is 5.32 Å². The SMILES string of the molecule is CCCNC(c1cccc(Br)c1F)C1CN(C)CCO1. The average Bonchev–Trinajstić information content (AvgIpc) is 2.44. The molecule has 0 aliphatic carbocycles. The molecule has 1 aliphatic rings. The summed E-state index contributed by atoms with van der Waals surface area (Å²) in [5.74, 6) is -0.196. The second-order valence-electron chi connectivity index (χ2n) is 5.25. The van der Waals surface area contributed by atoms with Gasteiger partial charge in [0, 0.05) is 18.7 Å². The van der Waals surface area contributed by atoms with Crippen molar-refractivity contribution in [1.29, 1.82) is 0 Å². The number of likely N-dealkylation sites (N-methyl/N-ethyl adjacent to an activating group) is 1. The second-order valence-corrected chi connectivity index (χ2v) is 6.10. The standard InChI is InChI=1S/C15H22BrFN2O/c1-3-7-18-15(13-10-19(2)8-9-20-13)11-5-4-6-12(16)14(11)17/h4-6,13,15,18H,3,7-10H2,1-2H3. The highest BCUT2D eigenvalue weighted by atomic mass is 79.9. The Morgan fingerprint density at radius 2 is 2.35 bits per heavy atom. The Labute approximate surface area is 128 Å². The van der Waals surface area contributed by atoms with Crippen LogP contribution in [0.25, 0.3) is 0 Å². The highest BCUT2D eigenvalue weighted by Crippen LogP contribution is 2.28. The van der Waals surface area contributed by atoms with E-state index in [1.54, 1.807) is 6.07 Å². The van der Waals surface area contributed by atoms with Crippen LogP contribution in [-0.4, -0.2) is 44.3 Å². The molecule has 1 aromatic carbocycles. The number of hydrogen-bond acceptors (Lipinski definition) is 3. The number of benzene rings is 1. The van der Waals surface area contributed by atoms with Gasteiger partial charge in [0.1, 0.15) is 5.82 Å². The van der Waals surface area contributed by atoms with Crippen LogP contribution in [-0.2, 0) is 4.74 Å². The zero-order valence-electron chi connectivity index (χ0n) is 12.0. The Morgan fingerprint density at radius 3 is 3.05 bits per heavy atom. The van der Waals surface area contributed by atoms with E-state index in [9.17, 15) is 4.39 Å². The fraction of sp³-hybridized carbons (Fsp3) is 0.600. The number of rotatable bonds is 5. The number of nitrogens with zero attached hydrogens (tertiary/aromatic N) is 1. The second kappa shape index (κ2) is 7.50. The van der Waals surface area contributed by atoms with Gasteiger partial charge in [-0.2, -0.15) is 0 Å². The van der Waals surface area contributed by atoms with Gasteiger partial charge in [0.15, 0.2) is 0 Å². The molecule has 1 fully saturated rings. The minimum absolute atomic E-state index is 0.0240. The van der Waals surface area contributed by atoms with Gasteiger partial charge in [-0.1, -0.05) is 19.1 Å². The number of hydrogen-bond donors (Lipinski definition) is 1. The summed E-state index contributed by atoms with van der Waals surface area (Å²) < 4.78 is 20.7. The van der Waals surface area contributed by atoms with Gasteiger partial charge in [-0.3, -0.25) is 0 Å². The fourth-order valence-corrected chi connectivity index (χ4v) is 2.90. The van der Waals surface area contributed by atoms with Crippen molar-refractivity contribution in [3.05, 3.63) is 34.1 Å². The van der Waals surface area contributed by atoms with E-state index in [-0.39, 0.29) is 18.0 Å². The zero-order chi connectivity index (χ0) is 14.5. The van der Waals surface area contributed by atoms with E-state index in [1.165, 1.54) is 0 Å². The third kappa shape index (κ3) is 3.79. The molecule has 2 atom stereocenters. The summed E-state index contributed by atoms with van der Waals surface area (Å²) in [5, 5.41) is 3.43. The summed E-state index contributed by atoms with van der Waals surface area (Å²) in [6.45, 7) is 5.39.